The second-order valence-corrected chi connectivity index (χ2v) is 39.6. The van der Waals surface area contributed by atoms with Crippen LogP contribution in [0, 0.1) is 0 Å². The molecule has 2 heterocycles. The van der Waals surface area contributed by atoms with E-state index in [9.17, 15) is 11.1 Å². The van der Waals surface area contributed by atoms with E-state index in [-0.39, 0.29) is 0 Å². The van der Waals surface area contributed by atoms with Gasteiger partial charge in [-0.15, -0.1) is 0 Å². The van der Waals surface area contributed by atoms with Gasteiger partial charge in [0.25, 0.3) is 0 Å². The maximum atomic E-state index is 11.6. The average molecular weight is 1800 g/mol. The van der Waals surface area contributed by atoms with E-state index in [1.165, 1.54) is 426 Å². The van der Waals surface area contributed by atoms with Crippen LogP contribution in [0.5, 0.6) is 0 Å². The fourth-order valence-corrected chi connectivity index (χ4v) is 20.3. The molecule has 6 rings (SSSR count). The van der Waals surface area contributed by atoms with Crippen LogP contribution in [-0.4, -0.2) is 9.39 Å². The predicted octanol–water partition coefficient (Wildman–Crippen LogP) is 40.3. The van der Waals surface area contributed by atoms with E-state index in [4.69, 9.17) is 0 Å². The van der Waals surface area contributed by atoms with Crippen LogP contribution < -0.4 is 0 Å². The SMILES string of the molecule is CCCCCC1=C(c2ccc(CC)cc2)[N+](=[N-])C(c2cccc(CC)c2)=C1CCCCC.CCCCCCCCCCCCCCCC=CCCc1ccccc1C1=CC=C(c2ccc(CC)cc2)[N+]1=[N-].CCCCCCCCCCCCCCCCCCC[CH2][Pd][CH2]CCCCCCCCCCCCCCCCCCC.CCC[CH2][Ni][CH2]CCC. The zero-order valence-corrected chi connectivity index (χ0v) is 83.7. The van der Waals surface area contributed by atoms with Gasteiger partial charge in [-0.05, 0) is 135 Å². The van der Waals surface area contributed by atoms with E-state index in [0.717, 1.165) is 121 Å². The molecule has 692 valence electrons. The van der Waals surface area contributed by atoms with Crippen molar-refractivity contribution < 1.29 is 41.8 Å². The van der Waals surface area contributed by atoms with Gasteiger partial charge in [0.05, 0.1) is 0 Å². The molecule has 0 fully saturated rings. The van der Waals surface area contributed by atoms with Crippen molar-refractivity contribution in [1.82, 2.24) is 0 Å². The normalized spacial score (nSPS) is 12.7. The molecule has 4 nitrogen and oxygen atoms in total. The third kappa shape index (κ3) is 55.3. The second kappa shape index (κ2) is 81.7. The Labute approximate surface area is 766 Å². The first-order valence-electron chi connectivity index (χ1n) is 52.5. The molecule has 4 aromatic rings. The zero-order valence-electron chi connectivity index (χ0n) is 81.2. The summed E-state index contributed by atoms with van der Waals surface area (Å²) in [6.07, 6.45) is 102. The summed E-state index contributed by atoms with van der Waals surface area (Å²) >= 11 is 3.00. The summed E-state index contributed by atoms with van der Waals surface area (Å²) in [5.41, 5.74) is 38.6. The van der Waals surface area contributed by atoms with Crippen molar-refractivity contribution in [3.8, 4) is 0 Å². The molecular weight excluding hydrogens is 1600 g/mol. The van der Waals surface area contributed by atoms with Gasteiger partial charge in [-0.1, -0.05) is 315 Å². The Hall–Kier alpha value is -4.06. The van der Waals surface area contributed by atoms with Crippen LogP contribution in [0.3, 0.4) is 0 Å². The summed E-state index contributed by atoms with van der Waals surface area (Å²) in [6.45, 7) is 22.5. The van der Waals surface area contributed by atoms with Crippen molar-refractivity contribution in [2.45, 2.75) is 520 Å². The Morgan fingerprint density at radius 3 is 0.992 bits per heavy atom. The molecule has 2 aliphatic rings. The summed E-state index contributed by atoms with van der Waals surface area (Å²) < 4.78 is 2.86. The van der Waals surface area contributed by atoms with Gasteiger partial charge in [0, 0.05) is 45.6 Å². The number of nitrogens with zero attached hydrogens (tertiary/aromatic N) is 4. The van der Waals surface area contributed by atoms with Crippen LogP contribution in [0.1, 0.15) is 518 Å². The Morgan fingerprint density at radius 2 is 0.603 bits per heavy atom. The molecule has 0 N–H and O–H groups in total. The summed E-state index contributed by atoms with van der Waals surface area (Å²) in [7, 11) is 0. The van der Waals surface area contributed by atoms with Gasteiger partial charge < -0.3 is 11.1 Å². The molecule has 121 heavy (non-hydrogen) atoms. The van der Waals surface area contributed by atoms with E-state index < -0.39 is 0 Å². The Morgan fingerprint density at radius 1 is 0.273 bits per heavy atom. The number of allylic oxidation sites excluding steroid dienone is 6. The topological polar surface area (TPSA) is 50.6 Å². The van der Waals surface area contributed by atoms with Gasteiger partial charge in [-0.25, -0.2) is 9.39 Å². The third-order valence-electron chi connectivity index (χ3n) is 25.0. The van der Waals surface area contributed by atoms with Crippen LogP contribution in [0.2, 0.25) is 20.6 Å². The molecule has 0 saturated heterocycles. The van der Waals surface area contributed by atoms with Crippen molar-refractivity contribution in [3.63, 3.8) is 0 Å². The summed E-state index contributed by atoms with van der Waals surface area (Å²) in [4.78, 5) is 3.10. The fourth-order valence-electron chi connectivity index (χ4n) is 16.9. The van der Waals surface area contributed by atoms with E-state index in [1.54, 1.807) is 9.79 Å². The molecule has 0 unspecified atom stereocenters. The Bertz CT molecular complexity index is 3190. The molecule has 0 amide bonds. The Kier molecular flexibility index (Phi) is 75.0. The minimum absolute atomic E-state index is 0.833. The van der Waals surface area contributed by atoms with Crippen molar-refractivity contribution in [1.29, 1.82) is 0 Å². The molecule has 4 aromatic carbocycles. The van der Waals surface area contributed by atoms with Crippen LogP contribution in [0.4, 0.5) is 0 Å². The number of benzene rings is 4. The molecule has 0 aliphatic carbocycles. The number of hydrogen-bond donors (Lipinski definition) is 0. The van der Waals surface area contributed by atoms with Crippen LogP contribution in [0.15, 0.2) is 133 Å². The molecular formula is C115H192N4NiPd. The molecule has 0 atom stereocenters. The first-order chi connectivity index (χ1) is 59.7. The minimum atomic E-state index is 0.833. The number of hydrogen-bond acceptors (Lipinski definition) is 0. The van der Waals surface area contributed by atoms with Crippen LogP contribution in [0.25, 0.3) is 33.9 Å². The summed E-state index contributed by atoms with van der Waals surface area (Å²) in [5, 5.41) is 2.78. The van der Waals surface area contributed by atoms with Gasteiger partial charge in [0.2, 0.25) is 22.8 Å². The van der Waals surface area contributed by atoms with Crippen LogP contribution >= 0.6 is 0 Å². The number of aryl methyl sites for hydroxylation is 4. The van der Waals surface area contributed by atoms with Gasteiger partial charge >= 0.3 is 234 Å². The van der Waals surface area contributed by atoms with Crippen LogP contribution in [-0.2, 0) is 58.1 Å². The summed E-state index contributed by atoms with van der Waals surface area (Å²) in [6, 6.07) is 34.4. The van der Waals surface area contributed by atoms with Gasteiger partial charge in [-0.2, -0.15) is 0 Å². The molecule has 6 heteroatoms. The fraction of sp³-hybridized carbons (Fsp3) is 0.704. The average Bonchev–Trinajstić information content (AvgIpc) is 1.63. The number of unbranched alkanes of at least 4 members (excludes halogenated alkanes) is 53. The quantitative estimate of drug-likeness (QED) is 0.0183. The standard InChI is InChI=1S/C37H52N2.C30H40N2.2C20H41.2C4H9.Ni.Pd/c1-3-5-6-7-8-9-10-11-12-13-14-15-16-17-18-19-20-23-33-24-21-22-25-35(33)37-31-30-36(39(37)38)34-28-26-32(4-2)27-29-34;1-5-9-11-16-27-28(17-12-10-6-2)30(26-15-13-14-24(8-4)22-26)32(31)29(27)25-20-18-23(7-3)19-21-25;2*1-3-5-7-9-11-13-15-17-19-20-18-16-14-12-10-8-6-4-2;2*1-3-4-2;;/h18-19,21-22,24-31H,3-17,20,23H2,1-2H3;13-15,18-22H,5-12,16-17H2,1-4H3;2*1,3-20H2,2H3;2*1,3-4H2,2H3;;. The van der Waals surface area contributed by atoms with E-state index in [2.05, 4.69) is 178 Å². The first kappa shape index (κ1) is 111. The van der Waals surface area contributed by atoms with E-state index in [1.807, 2.05) is 26.6 Å². The van der Waals surface area contributed by atoms with E-state index >= 15 is 0 Å². The molecule has 0 radical (unpaired) electrons. The molecule has 2 aliphatic heterocycles. The van der Waals surface area contributed by atoms with Gasteiger partial charge in [0.15, 0.2) is 0 Å². The molecule has 0 saturated carbocycles. The zero-order chi connectivity index (χ0) is 87.0. The van der Waals surface area contributed by atoms with Gasteiger partial charge in [-0.3, -0.25) is 0 Å². The maximum absolute atomic E-state index is 11.6. The first-order valence-corrected chi connectivity index (χ1v) is 56.1. The van der Waals surface area contributed by atoms with Crippen molar-refractivity contribution in [2.24, 2.45) is 0 Å². The van der Waals surface area contributed by atoms with Crippen molar-refractivity contribution in [2.75, 3.05) is 0 Å². The molecule has 0 bridgehead atoms. The monoisotopic (exact) mass is 1790 g/mol. The molecule has 0 aromatic heterocycles. The van der Waals surface area contributed by atoms with Gasteiger partial charge in [0.1, 0.15) is 0 Å². The van der Waals surface area contributed by atoms with E-state index in [0.29, 0.717) is 0 Å². The Balaban J connectivity index is 0.000000447. The third-order valence-corrected chi connectivity index (χ3v) is 28.6. The summed E-state index contributed by atoms with van der Waals surface area (Å²) in [5.74, 6) is 0. The second-order valence-electron chi connectivity index (χ2n) is 35.8. The number of rotatable bonds is 76. The van der Waals surface area contributed by atoms with Crippen molar-refractivity contribution in [3.05, 3.63) is 188 Å². The predicted molar refractivity (Wildman–Crippen MR) is 534 cm³/mol. The van der Waals surface area contributed by atoms with Crippen molar-refractivity contribution >= 4 is 22.8 Å². The molecule has 0 spiro atoms.